The Bertz CT molecular complexity index is 1240. The number of carbonyl (C=O) groups excluding carboxylic acids is 1. The van der Waals surface area contributed by atoms with Crippen LogP contribution in [-0.2, 0) is 6.61 Å². The maximum atomic E-state index is 12.8. The van der Waals surface area contributed by atoms with Crippen LogP contribution in [-0.4, -0.2) is 32.9 Å². The first-order valence-electron chi connectivity index (χ1n) is 10.2. The lowest BCUT2D eigenvalue weighted by Crippen LogP contribution is -2.22. The van der Waals surface area contributed by atoms with Crippen molar-refractivity contribution in [1.82, 2.24) is 0 Å². The highest BCUT2D eigenvalue weighted by atomic mass is 16.7. The summed E-state index contributed by atoms with van der Waals surface area (Å²) in [4.78, 5) is 16.9. The minimum absolute atomic E-state index is 0.124. The smallest absolute Gasteiger partial charge is 0.255 e. The van der Waals surface area contributed by atoms with Gasteiger partial charge < -0.3 is 40.5 Å². The molecule has 1 aliphatic heterocycles. The Kier molecular flexibility index (Phi) is 6.58. The standard InChI is InChI=1S/C24H24N4O6/c1-30-17-5-8-19(31-2)15(9-17)12-32-21-11-16(4-6-18(21)28-24(25)26)27-23(29)14-3-7-20-22(10-14)34-13-33-20/h3-11H,12-13H2,1-2H3,(H,27,29)(H4,25,26,28). The third-order valence-corrected chi connectivity index (χ3v) is 4.97. The molecule has 4 rings (SSSR count). The largest absolute Gasteiger partial charge is 0.497 e. The van der Waals surface area contributed by atoms with Crippen molar-refractivity contribution in [1.29, 1.82) is 0 Å². The molecule has 3 aromatic rings. The number of nitrogens with one attached hydrogen (secondary N) is 1. The number of ether oxygens (including phenoxy) is 5. The number of carbonyl (C=O) groups is 1. The number of hydrogen-bond acceptors (Lipinski definition) is 7. The highest BCUT2D eigenvalue weighted by Gasteiger charge is 2.17. The van der Waals surface area contributed by atoms with Gasteiger partial charge in [0.1, 0.15) is 29.5 Å². The van der Waals surface area contributed by atoms with Crippen LogP contribution in [0.25, 0.3) is 0 Å². The second-order valence-electron chi connectivity index (χ2n) is 7.21. The number of rotatable bonds is 8. The normalized spacial score (nSPS) is 11.5. The fourth-order valence-electron chi connectivity index (χ4n) is 3.33. The number of benzene rings is 3. The van der Waals surface area contributed by atoms with Gasteiger partial charge in [0.05, 0.1) is 14.2 Å². The first-order chi connectivity index (χ1) is 16.5. The Morgan fingerprint density at radius 2 is 1.79 bits per heavy atom. The molecule has 10 nitrogen and oxygen atoms in total. The summed E-state index contributed by atoms with van der Waals surface area (Å²) in [5.41, 5.74) is 13.2. The molecule has 0 unspecified atom stereocenters. The molecule has 0 bridgehead atoms. The number of hydrogen-bond donors (Lipinski definition) is 3. The van der Waals surface area contributed by atoms with E-state index in [1.54, 1.807) is 62.8 Å². The van der Waals surface area contributed by atoms with E-state index in [1.807, 2.05) is 6.07 Å². The lowest BCUT2D eigenvalue weighted by Gasteiger charge is -2.14. The molecule has 0 aliphatic carbocycles. The molecule has 0 radical (unpaired) electrons. The molecule has 10 heteroatoms. The number of nitrogens with zero attached hydrogens (tertiary/aromatic N) is 1. The number of amides is 1. The summed E-state index contributed by atoms with van der Waals surface area (Å²) in [5, 5.41) is 2.84. The van der Waals surface area contributed by atoms with Crippen molar-refractivity contribution in [2.45, 2.75) is 6.61 Å². The van der Waals surface area contributed by atoms with Gasteiger partial charge in [-0.2, -0.15) is 0 Å². The van der Waals surface area contributed by atoms with Gasteiger partial charge in [-0.3, -0.25) is 4.79 Å². The minimum Gasteiger partial charge on any atom is -0.497 e. The molecule has 1 amide bonds. The van der Waals surface area contributed by atoms with E-state index in [4.69, 9.17) is 35.2 Å². The van der Waals surface area contributed by atoms with Crippen LogP contribution in [0.15, 0.2) is 59.6 Å². The summed E-state index contributed by atoms with van der Waals surface area (Å²) in [6, 6.07) is 15.3. The van der Waals surface area contributed by atoms with Gasteiger partial charge in [0.2, 0.25) is 6.79 Å². The molecule has 0 aromatic heterocycles. The molecule has 0 atom stereocenters. The van der Waals surface area contributed by atoms with Crippen LogP contribution in [0.4, 0.5) is 11.4 Å². The van der Waals surface area contributed by atoms with Crippen LogP contribution < -0.4 is 40.5 Å². The number of aliphatic imine (C=N–C) groups is 1. The molecule has 5 N–H and O–H groups in total. The van der Waals surface area contributed by atoms with E-state index < -0.39 is 0 Å². The first kappa shape index (κ1) is 22.6. The maximum Gasteiger partial charge on any atom is 0.255 e. The molecular weight excluding hydrogens is 440 g/mol. The van der Waals surface area contributed by atoms with Gasteiger partial charge in [0.25, 0.3) is 5.91 Å². The van der Waals surface area contributed by atoms with Crippen molar-refractivity contribution in [2.75, 3.05) is 26.3 Å². The van der Waals surface area contributed by atoms with E-state index >= 15 is 0 Å². The molecule has 0 saturated carbocycles. The van der Waals surface area contributed by atoms with Gasteiger partial charge in [-0.1, -0.05) is 0 Å². The second kappa shape index (κ2) is 9.90. The van der Waals surface area contributed by atoms with E-state index in [-0.39, 0.29) is 25.3 Å². The topological polar surface area (TPSA) is 140 Å². The zero-order valence-corrected chi connectivity index (χ0v) is 18.7. The fraction of sp³-hybridized carbons (Fsp3) is 0.167. The third-order valence-electron chi connectivity index (χ3n) is 4.97. The molecule has 1 heterocycles. The molecule has 0 saturated heterocycles. The highest BCUT2D eigenvalue weighted by molar-refractivity contribution is 6.05. The number of nitrogens with two attached hydrogens (primary N) is 2. The summed E-state index contributed by atoms with van der Waals surface area (Å²) in [7, 11) is 3.15. The summed E-state index contributed by atoms with van der Waals surface area (Å²) in [6.07, 6.45) is 0. The summed E-state index contributed by atoms with van der Waals surface area (Å²) >= 11 is 0. The Labute approximate surface area is 196 Å². The quantitative estimate of drug-likeness (QED) is 0.341. The van der Waals surface area contributed by atoms with E-state index in [9.17, 15) is 4.79 Å². The van der Waals surface area contributed by atoms with E-state index in [2.05, 4.69) is 10.3 Å². The van der Waals surface area contributed by atoms with Crippen LogP contribution in [0, 0.1) is 0 Å². The van der Waals surface area contributed by atoms with E-state index in [0.29, 0.717) is 45.7 Å². The minimum atomic E-state index is -0.326. The molecule has 1 aliphatic rings. The predicted molar refractivity (Wildman–Crippen MR) is 126 cm³/mol. The third kappa shape index (κ3) is 5.07. The lowest BCUT2D eigenvalue weighted by atomic mass is 10.1. The first-order valence-corrected chi connectivity index (χ1v) is 10.2. The monoisotopic (exact) mass is 464 g/mol. The van der Waals surface area contributed by atoms with Crippen molar-refractivity contribution in [2.24, 2.45) is 16.5 Å². The van der Waals surface area contributed by atoms with Crippen LogP contribution in [0.2, 0.25) is 0 Å². The van der Waals surface area contributed by atoms with Crippen molar-refractivity contribution in [3.05, 3.63) is 65.7 Å². The zero-order valence-electron chi connectivity index (χ0n) is 18.7. The van der Waals surface area contributed by atoms with Crippen LogP contribution >= 0.6 is 0 Å². The zero-order chi connectivity index (χ0) is 24.1. The molecule has 0 spiro atoms. The molecular formula is C24H24N4O6. The molecule has 34 heavy (non-hydrogen) atoms. The van der Waals surface area contributed by atoms with Crippen molar-refractivity contribution in [3.63, 3.8) is 0 Å². The Morgan fingerprint density at radius 1 is 0.971 bits per heavy atom. The van der Waals surface area contributed by atoms with Gasteiger partial charge in [-0.25, -0.2) is 4.99 Å². The Morgan fingerprint density at radius 3 is 2.56 bits per heavy atom. The van der Waals surface area contributed by atoms with Gasteiger partial charge >= 0.3 is 0 Å². The van der Waals surface area contributed by atoms with Crippen LogP contribution in [0.1, 0.15) is 15.9 Å². The molecule has 0 fully saturated rings. The fourth-order valence-corrected chi connectivity index (χ4v) is 3.33. The average Bonchev–Trinajstić information content (AvgIpc) is 3.31. The van der Waals surface area contributed by atoms with Gasteiger partial charge in [0.15, 0.2) is 17.5 Å². The second-order valence-corrected chi connectivity index (χ2v) is 7.21. The Balaban J connectivity index is 1.56. The number of fused-ring (bicyclic) bond motifs is 1. The van der Waals surface area contributed by atoms with Crippen molar-refractivity contribution < 1.29 is 28.5 Å². The average molecular weight is 464 g/mol. The van der Waals surface area contributed by atoms with Gasteiger partial charge in [-0.15, -0.1) is 0 Å². The van der Waals surface area contributed by atoms with Gasteiger partial charge in [-0.05, 0) is 48.5 Å². The van der Waals surface area contributed by atoms with Crippen LogP contribution in [0.3, 0.4) is 0 Å². The predicted octanol–water partition coefficient (Wildman–Crippen LogP) is 3.17. The number of methoxy groups -OCH3 is 2. The van der Waals surface area contributed by atoms with Crippen molar-refractivity contribution >= 4 is 23.2 Å². The van der Waals surface area contributed by atoms with E-state index in [0.717, 1.165) is 5.56 Å². The lowest BCUT2D eigenvalue weighted by molar-refractivity contribution is 0.102. The summed E-state index contributed by atoms with van der Waals surface area (Å²) < 4.78 is 27.3. The van der Waals surface area contributed by atoms with Crippen molar-refractivity contribution in [3.8, 4) is 28.7 Å². The molecule has 176 valence electrons. The molecule has 3 aromatic carbocycles. The highest BCUT2D eigenvalue weighted by Crippen LogP contribution is 2.35. The summed E-state index contributed by atoms with van der Waals surface area (Å²) in [5.74, 6) is 2.33. The number of anilines is 1. The Hall–Kier alpha value is -4.60. The SMILES string of the molecule is COc1ccc(OC)c(COc2cc(NC(=O)c3ccc4c(c3)OCO4)ccc2N=C(N)N)c1. The maximum absolute atomic E-state index is 12.8. The van der Waals surface area contributed by atoms with Crippen LogP contribution in [0.5, 0.6) is 28.7 Å². The number of guanidine groups is 1. The van der Waals surface area contributed by atoms with E-state index in [1.165, 1.54) is 0 Å². The van der Waals surface area contributed by atoms with Gasteiger partial charge in [0, 0.05) is 22.9 Å². The summed E-state index contributed by atoms with van der Waals surface area (Å²) in [6.45, 7) is 0.276.